The van der Waals surface area contributed by atoms with Crippen LogP contribution >= 0.6 is 0 Å². The van der Waals surface area contributed by atoms with E-state index in [4.69, 9.17) is 4.42 Å². The van der Waals surface area contributed by atoms with Crippen LogP contribution in [-0.4, -0.2) is 17.7 Å². The van der Waals surface area contributed by atoms with Crippen molar-refractivity contribution in [1.82, 2.24) is 10.6 Å². The van der Waals surface area contributed by atoms with E-state index in [0.717, 1.165) is 12.1 Å². The first-order chi connectivity index (χ1) is 11.2. The zero-order chi connectivity index (χ0) is 17.9. The van der Waals surface area contributed by atoms with Gasteiger partial charge in [0.05, 0.1) is 12.6 Å². The minimum Gasteiger partial charge on any atom is -0.463 e. The van der Waals surface area contributed by atoms with Gasteiger partial charge < -0.3 is 20.2 Å². The highest BCUT2D eigenvalue weighted by molar-refractivity contribution is 5.74. The maximum Gasteiger partial charge on any atom is 0.315 e. The molecule has 2 amide bonds. The number of aryl methyl sites for hydroxylation is 1. The first-order valence-corrected chi connectivity index (χ1v) is 7.47. The molecule has 130 valence electrons. The summed E-state index contributed by atoms with van der Waals surface area (Å²) in [5, 5.41) is 15.5. The van der Waals surface area contributed by atoms with Gasteiger partial charge in [-0.2, -0.15) is 0 Å². The van der Waals surface area contributed by atoms with Crippen molar-refractivity contribution in [2.75, 3.05) is 6.54 Å². The summed E-state index contributed by atoms with van der Waals surface area (Å²) >= 11 is 0. The standard InChI is InChI=1S/C17H20F2N2O3/c1-10-4-7-15(24-10)17(3,23)9-20-16(22)21-11(2)12-5-6-13(18)14(19)8-12/h4-8,11,23H,9H2,1-3H3,(H2,20,21,22). The fourth-order valence-electron chi connectivity index (χ4n) is 2.18. The number of hydrogen-bond donors (Lipinski definition) is 3. The van der Waals surface area contributed by atoms with Gasteiger partial charge in [-0.15, -0.1) is 0 Å². The monoisotopic (exact) mass is 338 g/mol. The molecule has 0 saturated heterocycles. The molecule has 0 fully saturated rings. The molecule has 2 atom stereocenters. The molecule has 0 bridgehead atoms. The number of carbonyl (C=O) groups excluding carboxylic acids is 1. The van der Waals surface area contributed by atoms with Gasteiger partial charge in [-0.3, -0.25) is 0 Å². The van der Waals surface area contributed by atoms with Crippen molar-refractivity contribution in [3.05, 3.63) is 59.1 Å². The third-order valence-electron chi connectivity index (χ3n) is 3.66. The number of amides is 2. The molecule has 0 aliphatic rings. The number of rotatable bonds is 5. The fraction of sp³-hybridized carbons (Fsp3) is 0.353. The van der Waals surface area contributed by atoms with E-state index in [0.29, 0.717) is 17.1 Å². The fourth-order valence-corrected chi connectivity index (χ4v) is 2.18. The van der Waals surface area contributed by atoms with Gasteiger partial charge in [0, 0.05) is 0 Å². The Balaban J connectivity index is 1.91. The van der Waals surface area contributed by atoms with Crippen molar-refractivity contribution < 1.29 is 23.1 Å². The Kier molecular flexibility index (Phi) is 5.23. The number of aliphatic hydroxyl groups is 1. The molecule has 0 radical (unpaired) electrons. The number of benzene rings is 1. The van der Waals surface area contributed by atoms with Crippen LogP contribution < -0.4 is 10.6 Å². The Labute approximate surface area is 138 Å². The zero-order valence-corrected chi connectivity index (χ0v) is 13.7. The van der Waals surface area contributed by atoms with Gasteiger partial charge in [-0.25, -0.2) is 13.6 Å². The summed E-state index contributed by atoms with van der Waals surface area (Å²) in [7, 11) is 0. The number of nitrogens with one attached hydrogen (secondary N) is 2. The molecule has 2 unspecified atom stereocenters. The van der Waals surface area contributed by atoms with E-state index in [2.05, 4.69) is 10.6 Å². The normalized spacial score (nSPS) is 14.8. The highest BCUT2D eigenvalue weighted by atomic mass is 19.2. The Morgan fingerprint density at radius 3 is 2.58 bits per heavy atom. The van der Waals surface area contributed by atoms with Crippen LogP contribution in [0.2, 0.25) is 0 Å². The van der Waals surface area contributed by atoms with Gasteiger partial charge in [0.1, 0.15) is 17.1 Å². The van der Waals surface area contributed by atoms with Crippen molar-refractivity contribution in [1.29, 1.82) is 0 Å². The lowest BCUT2D eigenvalue weighted by Gasteiger charge is -2.22. The van der Waals surface area contributed by atoms with Crippen molar-refractivity contribution in [3.63, 3.8) is 0 Å². The van der Waals surface area contributed by atoms with Gasteiger partial charge >= 0.3 is 6.03 Å². The Hall–Kier alpha value is -2.41. The summed E-state index contributed by atoms with van der Waals surface area (Å²) in [6.07, 6.45) is 0. The maximum absolute atomic E-state index is 13.2. The molecule has 0 aliphatic carbocycles. The summed E-state index contributed by atoms with van der Waals surface area (Å²) in [5.41, 5.74) is -0.936. The van der Waals surface area contributed by atoms with Crippen LogP contribution in [0.1, 0.15) is 37.0 Å². The summed E-state index contributed by atoms with van der Waals surface area (Å²) in [6.45, 7) is 4.84. The van der Waals surface area contributed by atoms with Crippen LogP contribution in [0, 0.1) is 18.6 Å². The van der Waals surface area contributed by atoms with Crippen LogP contribution in [0.25, 0.3) is 0 Å². The van der Waals surface area contributed by atoms with Crippen molar-refractivity contribution in [3.8, 4) is 0 Å². The maximum atomic E-state index is 13.2. The number of hydrogen-bond acceptors (Lipinski definition) is 3. The van der Waals surface area contributed by atoms with Gasteiger partial charge in [0.25, 0.3) is 0 Å². The van der Waals surface area contributed by atoms with E-state index >= 15 is 0 Å². The van der Waals surface area contributed by atoms with Crippen molar-refractivity contribution in [2.24, 2.45) is 0 Å². The molecule has 24 heavy (non-hydrogen) atoms. The third kappa shape index (κ3) is 4.32. The molecule has 1 aromatic carbocycles. The Morgan fingerprint density at radius 2 is 2.00 bits per heavy atom. The SMILES string of the molecule is Cc1ccc(C(C)(O)CNC(=O)NC(C)c2ccc(F)c(F)c2)o1. The van der Waals surface area contributed by atoms with Crippen LogP contribution in [0.4, 0.5) is 13.6 Å². The van der Waals surface area contributed by atoms with E-state index in [9.17, 15) is 18.7 Å². The Bertz CT molecular complexity index is 728. The average Bonchev–Trinajstić information content (AvgIpc) is 2.95. The topological polar surface area (TPSA) is 74.5 Å². The summed E-state index contributed by atoms with van der Waals surface area (Å²) in [6, 6.07) is 5.71. The van der Waals surface area contributed by atoms with Crippen LogP contribution in [0.5, 0.6) is 0 Å². The highest BCUT2D eigenvalue weighted by Crippen LogP contribution is 2.22. The van der Waals surface area contributed by atoms with Crippen molar-refractivity contribution >= 4 is 6.03 Å². The molecule has 0 aliphatic heterocycles. The van der Waals surface area contributed by atoms with Gasteiger partial charge in [-0.1, -0.05) is 6.07 Å². The summed E-state index contributed by atoms with van der Waals surface area (Å²) in [4.78, 5) is 11.9. The third-order valence-corrected chi connectivity index (χ3v) is 3.66. The molecule has 0 spiro atoms. The number of furan rings is 1. The predicted octanol–water partition coefficient (Wildman–Crippen LogP) is 3.13. The largest absolute Gasteiger partial charge is 0.463 e. The van der Waals surface area contributed by atoms with Crippen LogP contribution in [0.3, 0.4) is 0 Å². The van der Waals surface area contributed by atoms with E-state index in [1.54, 1.807) is 26.0 Å². The lowest BCUT2D eigenvalue weighted by molar-refractivity contribution is 0.0359. The van der Waals surface area contributed by atoms with E-state index in [1.165, 1.54) is 13.0 Å². The summed E-state index contributed by atoms with van der Waals surface area (Å²) < 4.78 is 31.5. The van der Waals surface area contributed by atoms with E-state index in [1.807, 2.05) is 0 Å². The second-order valence-corrected chi connectivity index (χ2v) is 5.91. The second kappa shape index (κ2) is 7.00. The highest BCUT2D eigenvalue weighted by Gasteiger charge is 2.27. The number of halogens is 2. The van der Waals surface area contributed by atoms with E-state index < -0.39 is 29.3 Å². The molecular weight excluding hydrogens is 318 g/mol. The minimum absolute atomic E-state index is 0.0731. The lowest BCUT2D eigenvalue weighted by Crippen LogP contribution is -2.44. The smallest absolute Gasteiger partial charge is 0.315 e. The molecule has 2 rings (SSSR count). The predicted molar refractivity (Wildman–Crippen MR) is 84.3 cm³/mol. The van der Waals surface area contributed by atoms with E-state index in [-0.39, 0.29) is 6.54 Å². The quantitative estimate of drug-likeness (QED) is 0.784. The minimum atomic E-state index is -1.36. The zero-order valence-electron chi connectivity index (χ0n) is 13.7. The lowest BCUT2D eigenvalue weighted by atomic mass is 10.0. The number of carbonyl (C=O) groups is 1. The van der Waals surface area contributed by atoms with Gasteiger partial charge in [0.15, 0.2) is 11.6 Å². The molecule has 0 saturated carbocycles. The molecule has 1 aromatic heterocycles. The van der Waals surface area contributed by atoms with Crippen LogP contribution in [-0.2, 0) is 5.60 Å². The Morgan fingerprint density at radius 1 is 1.29 bits per heavy atom. The average molecular weight is 338 g/mol. The van der Waals surface area contributed by atoms with Gasteiger partial charge in [-0.05, 0) is 50.6 Å². The van der Waals surface area contributed by atoms with Gasteiger partial charge in [0.2, 0.25) is 0 Å². The molecule has 5 nitrogen and oxygen atoms in total. The molecule has 1 heterocycles. The van der Waals surface area contributed by atoms with Crippen molar-refractivity contribution in [2.45, 2.75) is 32.4 Å². The second-order valence-electron chi connectivity index (χ2n) is 5.91. The first-order valence-electron chi connectivity index (χ1n) is 7.47. The first kappa shape index (κ1) is 17.9. The molecule has 3 N–H and O–H groups in total. The molecule has 7 heteroatoms. The summed E-state index contributed by atoms with van der Waals surface area (Å²) in [5.74, 6) is -0.923. The number of urea groups is 1. The van der Waals surface area contributed by atoms with Crippen LogP contribution in [0.15, 0.2) is 34.7 Å². The molecular formula is C17H20F2N2O3. The molecule has 2 aromatic rings.